The van der Waals surface area contributed by atoms with E-state index in [1.165, 1.54) is 0 Å². The summed E-state index contributed by atoms with van der Waals surface area (Å²) >= 11 is 0. The van der Waals surface area contributed by atoms with Gasteiger partial charge in [0.2, 0.25) is 0 Å². The number of nitrogens with one attached hydrogen (secondary N) is 2. The van der Waals surface area contributed by atoms with Crippen LogP contribution in [0.3, 0.4) is 0 Å². The van der Waals surface area contributed by atoms with Gasteiger partial charge in [0.25, 0.3) is 5.91 Å². The first kappa shape index (κ1) is 12.1. The molecule has 1 fully saturated rings. The lowest BCUT2D eigenvalue weighted by Crippen LogP contribution is -2.45. The minimum Gasteiger partial charge on any atom is -0.366 e. The Hall–Kier alpha value is -1.40. The molecule has 1 amide bonds. The van der Waals surface area contributed by atoms with Gasteiger partial charge in [0.1, 0.15) is 6.10 Å². The second kappa shape index (κ2) is 5.29. The SMILES string of the molecule is CCn1cc(NC(=O)[C@@H]2CNCCO2)c(C)n1. The lowest BCUT2D eigenvalue weighted by molar-refractivity contribution is -0.128. The molecule has 2 rings (SSSR count). The highest BCUT2D eigenvalue weighted by Gasteiger charge is 2.22. The summed E-state index contributed by atoms with van der Waals surface area (Å²) in [6, 6.07) is 0. The maximum Gasteiger partial charge on any atom is 0.254 e. The van der Waals surface area contributed by atoms with Gasteiger partial charge in [-0.25, -0.2) is 0 Å². The van der Waals surface area contributed by atoms with Crippen LogP contribution >= 0.6 is 0 Å². The van der Waals surface area contributed by atoms with Crippen molar-refractivity contribution in [2.75, 3.05) is 25.0 Å². The molecule has 1 saturated heterocycles. The molecule has 0 bridgehead atoms. The number of carbonyl (C=O) groups excluding carboxylic acids is 1. The van der Waals surface area contributed by atoms with Crippen LogP contribution in [-0.4, -0.2) is 41.5 Å². The van der Waals surface area contributed by atoms with E-state index in [1.54, 1.807) is 4.68 Å². The van der Waals surface area contributed by atoms with Crippen LogP contribution in [0.2, 0.25) is 0 Å². The van der Waals surface area contributed by atoms with Crippen LogP contribution in [-0.2, 0) is 16.1 Å². The molecule has 17 heavy (non-hydrogen) atoms. The Morgan fingerprint density at radius 2 is 2.59 bits per heavy atom. The van der Waals surface area contributed by atoms with E-state index in [2.05, 4.69) is 15.7 Å². The molecule has 1 aromatic heterocycles. The summed E-state index contributed by atoms with van der Waals surface area (Å²) in [6.45, 7) is 6.61. The van der Waals surface area contributed by atoms with Gasteiger partial charge in [0.15, 0.2) is 0 Å². The molecule has 2 N–H and O–H groups in total. The number of aromatic nitrogens is 2. The molecular formula is C11H18N4O2. The fraction of sp³-hybridized carbons (Fsp3) is 0.636. The first-order valence-corrected chi connectivity index (χ1v) is 5.88. The number of hydrogen-bond acceptors (Lipinski definition) is 4. The molecule has 0 aromatic carbocycles. The number of carbonyl (C=O) groups is 1. The second-order valence-corrected chi connectivity index (χ2v) is 4.04. The maximum absolute atomic E-state index is 11.9. The molecule has 1 aliphatic rings. The molecular weight excluding hydrogens is 220 g/mol. The number of morpholine rings is 1. The minimum atomic E-state index is -0.409. The predicted molar refractivity (Wildman–Crippen MR) is 63.9 cm³/mol. The highest BCUT2D eigenvalue weighted by Crippen LogP contribution is 2.13. The quantitative estimate of drug-likeness (QED) is 0.786. The Morgan fingerprint density at radius 3 is 3.18 bits per heavy atom. The lowest BCUT2D eigenvalue weighted by atomic mass is 10.2. The molecule has 0 spiro atoms. The summed E-state index contributed by atoms with van der Waals surface area (Å²) in [5, 5.41) is 10.2. The zero-order chi connectivity index (χ0) is 12.3. The fourth-order valence-corrected chi connectivity index (χ4v) is 1.75. The summed E-state index contributed by atoms with van der Waals surface area (Å²) in [5.41, 5.74) is 1.58. The number of ether oxygens (including phenoxy) is 1. The number of anilines is 1. The van der Waals surface area contributed by atoms with Gasteiger partial charge in [-0.2, -0.15) is 5.10 Å². The van der Waals surface area contributed by atoms with Crippen molar-refractivity contribution in [2.45, 2.75) is 26.5 Å². The molecule has 2 heterocycles. The van der Waals surface area contributed by atoms with Crippen molar-refractivity contribution in [3.05, 3.63) is 11.9 Å². The van der Waals surface area contributed by atoms with Gasteiger partial charge >= 0.3 is 0 Å². The molecule has 6 heteroatoms. The van der Waals surface area contributed by atoms with Gasteiger partial charge in [-0.3, -0.25) is 9.48 Å². The smallest absolute Gasteiger partial charge is 0.254 e. The van der Waals surface area contributed by atoms with Crippen molar-refractivity contribution in [2.24, 2.45) is 0 Å². The molecule has 0 saturated carbocycles. The van der Waals surface area contributed by atoms with Crippen molar-refractivity contribution in [3.8, 4) is 0 Å². The van der Waals surface area contributed by atoms with E-state index in [0.717, 1.165) is 24.5 Å². The van der Waals surface area contributed by atoms with Gasteiger partial charge in [0.05, 0.1) is 18.0 Å². The van der Waals surface area contributed by atoms with Crippen LogP contribution in [0.25, 0.3) is 0 Å². The van der Waals surface area contributed by atoms with E-state index >= 15 is 0 Å². The van der Waals surface area contributed by atoms with E-state index < -0.39 is 6.10 Å². The third-order valence-corrected chi connectivity index (χ3v) is 2.75. The molecule has 0 radical (unpaired) electrons. The Morgan fingerprint density at radius 1 is 1.76 bits per heavy atom. The number of amides is 1. The predicted octanol–water partition coefficient (Wildman–Crippen LogP) is 0.138. The number of hydrogen-bond donors (Lipinski definition) is 2. The second-order valence-electron chi connectivity index (χ2n) is 4.04. The van der Waals surface area contributed by atoms with Crippen LogP contribution in [0.5, 0.6) is 0 Å². The van der Waals surface area contributed by atoms with Crippen molar-refractivity contribution in [1.82, 2.24) is 15.1 Å². The average Bonchev–Trinajstić information content (AvgIpc) is 2.71. The Balaban J connectivity index is 1.99. The van der Waals surface area contributed by atoms with Crippen molar-refractivity contribution >= 4 is 11.6 Å². The minimum absolute atomic E-state index is 0.115. The number of rotatable bonds is 3. The molecule has 0 aliphatic carbocycles. The van der Waals surface area contributed by atoms with E-state index in [0.29, 0.717) is 13.2 Å². The van der Waals surface area contributed by atoms with E-state index in [-0.39, 0.29) is 5.91 Å². The van der Waals surface area contributed by atoms with Crippen LogP contribution in [0.4, 0.5) is 5.69 Å². The highest BCUT2D eigenvalue weighted by atomic mass is 16.5. The summed E-state index contributed by atoms with van der Waals surface area (Å²) in [6.07, 6.45) is 1.43. The highest BCUT2D eigenvalue weighted by molar-refractivity contribution is 5.94. The van der Waals surface area contributed by atoms with Gasteiger partial charge < -0.3 is 15.4 Å². The van der Waals surface area contributed by atoms with Crippen molar-refractivity contribution in [3.63, 3.8) is 0 Å². The van der Waals surface area contributed by atoms with E-state index in [4.69, 9.17) is 4.74 Å². The van der Waals surface area contributed by atoms with Crippen LogP contribution < -0.4 is 10.6 Å². The summed E-state index contributed by atoms with van der Waals surface area (Å²) in [4.78, 5) is 11.9. The van der Waals surface area contributed by atoms with Crippen LogP contribution in [0.15, 0.2) is 6.20 Å². The Bertz CT molecular complexity index is 396. The fourth-order valence-electron chi connectivity index (χ4n) is 1.75. The Kier molecular flexibility index (Phi) is 3.75. The zero-order valence-corrected chi connectivity index (χ0v) is 10.2. The molecule has 6 nitrogen and oxygen atoms in total. The van der Waals surface area contributed by atoms with Crippen molar-refractivity contribution in [1.29, 1.82) is 0 Å². The third kappa shape index (κ3) is 2.83. The monoisotopic (exact) mass is 238 g/mol. The Labute approximate surface area is 100 Å². The number of nitrogens with zero attached hydrogens (tertiary/aromatic N) is 2. The van der Waals surface area contributed by atoms with Crippen molar-refractivity contribution < 1.29 is 9.53 Å². The molecule has 1 aromatic rings. The largest absolute Gasteiger partial charge is 0.366 e. The third-order valence-electron chi connectivity index (χ3n) is 2.75. The van der Waals surface area contributed by atoms with Gasteiger partial charge in [0, 0.05) is 25.8 Å². The van der Waals surface area contributed by atoms with Crippen LogP contribution in [0.1, 0.15) is 12.6 Å². The normalized spacial score (nSPS) is 20.2. The molecule has 94 valence electrons. The standard InChI is InChI=1S/C11H18N4O2/c1-3-15-7-9(8(2)14-15)13-11(16)10-6-12-4-5-17-10/h7,10,12H,3-6H2,1-2H3,(H,13,16)/t10-/m0/s1. The summed E-state index contributed by atoms with van der Waals surface area (Å²) in [5.74, 6) is -0.115. The lowest BCUT2D eigenvalue weighted by Gasteiger charge is -2.22. The molecule has 0 unspecified atom stereocenters. The topological polar surface area (TPSA) is 68.2 Å². The zero-order valence-electron chi connectivity index (χ0n) is 10.2. The van der Waals surface area contributed by atoms with E-state index in [1.807, 2.05) is 20.0 Å². The molecule has 1 atom stereocenters. The van der Waals surface area contributed by atoms with Gasteiger partial charge in [-0.1, -0.05) is 0 Å². The molecule has 1 aliphatic heterocycles. The first-order valence-electron chi connectivity index (χ1n) is 5.88. The maximum atomic E-state index is 11.9. The average molecular weight is 238 g/mol. The van der Waals surface area contributed by atoms with Gasteiger partial charge in [-0.15, -0.1) is 0 Å². The first-order chi connectivity index (χ1) is 8.20. The number of aryl methyl sites for hydroxylation is 2. The summed E-state index contributed by atoms with van der Waals surface area (Å²) in [7, 11) is 0. The van der Waals surface area contributed by atoms with Crippen LogP contribution in [0, 0.1) is 6.92 Å². The summed E-state index contributed by atoms with van der Waals surface area (Å²) < 4.78 is 7.18. The van der Waals surface area contributed by atoms with Gasteiger partial charge in [-0.05, 0) is 13.8 Å². The van der Waals surface area contributed by atoms with E-state index in [9.17, 15) is 4.79 Å².